The van der Waals surface area contributed by atoms with E-state index in [4.69, 9.17) is 24.3 Å². The Morgan fingerprint density at radius 1 is 0.403 bits per heavy atom. The number of ether oxygens (including phenoxy) is 2. The lowest BCUT2D eigenvalue weighted by molar-refractivity contribution is -0.161. The Morgan fingerprint density at radius 3 is 0.986 bits per heavy atom. The van der Waals surface area contributed by atoms with Gasteiger partial charge in [-0.2, -0.15) is 0 Å². The van der Waals surface area contributed by atoms with Crippen LogP contribution >= 0.6 is 7.82 Å². The SMILES string of the molecule is CCCCCCCC/C=C\CCCCCCCC(=O)OC(COC(=O)CCCCCCCCCCCCCCCCCCCCCCCCCCCCCCCCCCCCCC)COP(=O)(O)OCCN. The minimum atomic E-state index is -4.38. The summed E-state index contributed by atoms with van der Waals surface area (Å²) in [4.78, 5) is 35.1. The topological polar surface area (TPSA) is 134 Å². The van der Waals surface area contributed by atoms with Crippen molar-refractivity contribution in [2.24, 2.45) is 5.73 Å². The summed E-state index contributed by atoms with van der Waals surface area (Å²) in [5.41, 5.74) is 5.38. The number of hydrogen-bond donors (Lipinski definition) is 2. The summed E-state index contributed by atoms with van der Waals surface area (Å²) in [6.45, 7) is 3.79. The number of nitrogens with two attached hydrogens (primary N) is 1. The molecule has 0 amide bonds. The summed E-state index contributed by atoms with van der Waals surface area (Å²) < 4.78 is 33.0. The fourth-order valence-electron chi connectivity index (χ4n) is 9.69. The first-order valence-corrected chi connectivity index (χ1v) is 33.2. The van der Waals surface area contributed by atoms with E-state index >= 15 is 0 Å². The molecule has 0 rings (SSSR count). The molecule has 3 N–H and O–H groups in total. The van der Waals surface area contributed by atoms with Crippen LogP contribution in [0, 0.1) is 0 Å². The number of esters is 2. The number of phosphoric acid groups is 1. The Morgan fingerprint density at radius 2 is 0.681 bits per heavy atom. The number of carbonyl (C=O) groups excluding carboxylic acids is 2. The van der Waals surface area contributed by atoms with Gasteiger partial charge in [-0.1, -0.05) is 302 Å². The molecule has 72 heavy (non-hydrogen) atoms. The molecule has 0 aromatic rings. The third kappa shape index (κ3) is 58.0. The maximum absolute atomic E-state index is 12.7. The number of allylic oxidation sites excluding steroid dienone is 2. The van der Waals surface area contributed by atoms with E-state index in [1.165, 1.54) is 257 Å². The molecule has 0 fully saturated rings. The van der Waals surface area contributed by atoms with Crippen LogP contribution in [-0.4, -0.2) is 49.3 Å². The zero-order valence-electron chi connectivity index (χ0n) is 48.0. The molecule has 0 aliphatic heterocycles. The zero-order chi connectivity index (χ0) is 52.4. The van der Waals surface area contributed by atoms with Crippen LogP contribution in [0.1, 0.15) is 341 Å². The summed E-state index contributed by atoms with van der Waals surface area (Å²) >= 11 is 0. The van der Waals surface area contributed by atoms with Gasteiger partial charge < -0.3 is 20.1 Å². The minimum absolute atomic E-state index is 0.0552. The number of hydrogen-bond acceptors (Lipinski definition) is 8. The molecular weight excluding hydrogens is 918 g/mol. The van der Waals surface area contributed by atoms with Crippen molar-refractivity contribution < 1.29 is 37.6 Å². The van der Waals surface area contributed by atoms with Crippen molar-refractivity contribution >= 4 is 19.8 Å². The Hall–Kier alpha value is -1.25. The minimum Gasteiger partial charge on any atom is -0.462 e. The van der Waals surface area contributed by atoms with Crippen molar-refractivity contribution in [1.29, 1.82) is 0 Å². The van der Waals surface area contributed by atoms with Crippen molar-refractivity contribution in [2.75, 3.05) is 26.4 Å². The third-order valence-corrected chi connectivity index (χ3v) is 15.4. The maximum Gasteiger partial charge on any atom is 0.472 e. The van der Waals surface area contributed by atoms with Crippen LogP contribution in [0.4, 0.5) is 0 Å². The highest BCUT2D eigenvalue weighted by atomic mass is 31.2. The van der Waals surface area contributed by atoms with Gasteiger partial charge in [0.25, 0.3) is 0 Å². The lowest BCUT2D eigenvalue weighted by Gasteiger charge is -2.19. The summed E-state index contributed by atoms with van der Waals surface area (Å²) in [6.07, 6.45) is 68.9. The zero-order valence-corrected chi connectivity index (χ0v) is 48.8. The van der Waals surface area contributed by atoms with Crippen LogP contribution in [0.2, 0.25) is 0 Å². The molecule has 0 saturated carbocycles. The van der Waals surface area contributed by atoms with E-state index in [9.17, 15) is 19.0 Å². The van der Waals surface area contributed by atoms with Crippen LogP contribution in [0.25, 0.3) is 0 Å². The fourth-order valence-corrected chi connectivity index (χ4v) is 10.5. The molecule has 0 bridgehead atoms. The molecule has 0 saturated heterocycles. The van der Waals surface area contributed by atoms with Crippen LogP contribution in [0.5, 0.6) is 0 Å². The van der Waals surface area contributed by atoms with E-state index in [1.54, 1.807) is 0 Å². The first kappa shape index (κ1) is 70.8. The van der Waals surface area contributed by atoms with Gasteiger partial charge in [0.05, 0.1) is 13.2 Å². The summed E-state index contributed by atoms with van der Waals surface area (Å²) in [6, 6.07) is 0. The molecule has 2 atom stereocenters. The Kier molecular flexibility index (Phi) is 58.0. The lowest BCUT2D eigenvalue weighted by atomic mass is 10.0. The van der Waals surface area contributed by atoms with Gasteiger partial charge in [-0.3, -0.25) is 18.6 Å². The average Bonchev–Trinajstić information content (AvgIpc) is 3.37. The molecule has 428 valence electrons. The second-order valence-electron chi connectivity index (χ2n) is 21.6. The van der Waals surface area contributed by atoms with E-state index in [0.717, 1.165) is 51.4 Å². The van der Waals surface area contributed by atoms with Crippen LogP contribution in [0.3, 0.4) is 0 Å². The molecule has 0 heterocycles. The molecule has 0 aromatic carbocycles. The number of carbonyl (C=O) groups is 2. The highest BCUT2D eigenvalue weighted by Crippen LogP contribution is 2.43. The van der Waals surface area contributed by atoms with E-state index in [-0.39, 0.29) is 38.6 Å². The van der Waals surface area contributed by atoms with Crippen molar-refractivity contribution in [3.05, 3.63) is 12.2 Å². The van der Waals surface area contributed by atoms with Crippen molar-refractivity contribution in [3.8, 4) is 0 Å². The normalized spacial score (nSPS) is 13.0. The Balaban J connectivity index is 3.74. The predicted octanol–water partition coefficient (Wildman–Crippen LogP) is 20.0. The highest BCUT2D eigenvalue weighted by Gasteiger charge is 2.26. The van der Waals surface area contributed by atoms with Gasteiger partial charge in [0.2, 0.25) is 0 Å². The summed E-state index contributed by atoms with van der Waals surface area (Å²) in [5.74, 6) is -0.819. The first-order chi connectivity index (χ1) is 35.3. The molecule has 0 aliphatic rings. The van der Waals surface area contributed by atoms with Gasteiger partial charge in [-0.25, -0.2) is 4.57 Å². The van der Waals surface area contributed by atoms with Gasteiger partial charge in [-0.05, 0) is 38.5 Å². The molecule has 10 heteroatoms. The Labute approximate surface area is 447 Å². The first-order valence-electron chi connectivity index (χ1n) is 31.7. The standard InChI is InChI=1S/C62H122NO8P/c1-3-5-7-9-11-13-15-17-19-20-21-22-23-24-25-26-27-28-29-30-31-32-33-34-35-36-37-38-39-41-42-44-46-48-50-52-54-61(64)68-58-60(59-70-72(66,67)69-57-56-63)71-62(65)55-53-51-49-47-45-43-40-18-16-14-12-10-8-6-4-2/h18,40,60H,3-17,19-39,41-59,63H2,1-2H3,(H,66,67)/b40-18-. The van der Waals surface area contributed by atoms with Crippen LogP contribution < -0.4 is 5.73 Å². The number of unbranched alkanes of at least 4 members (excludes halogenated alkanes) is 46. The highest BCUT2D eigenvalue weighted by molar-refractivity contribution is 7.47. The maximum atomic E-state index is 12.7. The lowest BCUT2D eigenvalue weighted by Crippen LogP contribution is -2.29. The van der Waals surface area contributed by atoms with Gasteiger partial charge in [-0.15, -0.1) is 0 Å². The molecular formula is C62H122NO8P. The van der Waals surface area contributed by atoms with Gasteiger partial charge in [0.15, 0.2) is 6.10 Å². The van der Waals surface area contributed by atoms with Crippen molar-refractivity contribution in [2.45, 2.75) is 347 Å². The quantitative estimate of drug-likeness (QED) is 0.0264. The van der Waals surface area contributed by atoms with E-state index in [0.29, 0.717) is 6.42 Å². The van der Waals surface area contributed by atoms with E-state index in [1.807, 2.05) is 0 Å². The summed E-state index contributed by atoms with van der Waals surface area (Å²) in [7, 11) is -4.38. The second kappa shape index (κ2) is 59.0. The van der Waals surface area contributed by atoms with Gasteiger partial charge in [0.1, 0.15) is 6.61 Å². The van der Waals surface area contributed by atoms with E-state index in [2.05, 4.69) is 26.0 Å². The monoisotopic (exact) mass is 1040 g/mol. The van der Waals surface area contributed by atoms with E-state index < -0.39 is 26.5 Å². The van der Waals surface area contributed by atoms with Crippen LogP contribution in [-0.2, 0) is 32.7 Å². The van der Waals surface area contributed by atoms with Crippen molar-refractivity contribution in [3.63, 3.8) is 0 Å². The fraction of sp³-hybridized carbons (Fsp3) is 0.935. The van der Waals surface area contributed by atoms with Crippen molar-refractivity contribution in [1.82, 2.24) is 0 Å². The molecule has 0 spiro atoms. The molecule has 9 nitrogen and oxygen atoms in total. The third-order valence-electron chi connectivity index (χ3n) is 14.4. The molecule has 0 radical (unpaired) electrons. The Bertz CT molecular complexity index is 1190. The summed E-state index contributed by atoms with van der Waals surface area (Å²) in [5, 5.41) is 0. The average molecular weight is 1040 g/mol. The van der Waals surface area contributed by atoms with Gasteiger partial charge in [0, 0.05) is 19.4 Å². The smallest absolute Gasteiger partial charge is 0.462 e. The van der Waals surface area contributed by atoms with Gasteiger partial charge >= 0.3 is 19.8 Å². The largest absolute Gasteiger partial charge is 0.472 e. The number of rotatable bonds is 61. The molecule has 0 aliphatic carbocycles. The predicted molar refractivity (Wildman–Crippen MR) is 308 cm³/mol. The molecule has 2 unspecified atom stereocenters. The molecule has 0 aromatic heterocycles. The number of phosphoric ester groups is 1. The van der Waals surface area contributed by atoms with Crippen LogP contribution in [0.15, 0.2) is 12.2 Å². The second-order valence-corrected chi connectivity index (χ2v) is 23.1.